The first-order valence-corrected chi connectivity index (χ1v) is 8.90. The van der Waals surface area contributed by atoms with Crippen molar-refractivity contribution in [2.45, 2.75) is 19.4 Å². The maximum atomic E-state index is 13.0. The first kappa shape index (κ1) is 14.9. The van der Waals surface area contributed by atoms with Crippen molar-refractivity contribution in [1.29, 1.82) is 0 Å². The molecule has 5 aliphatic rings. The van der Waals surface area contributed by atoms with E-state index in [-0.39, 0.29) is 35.5 Å². The van der Waals surface area contributed by atoms with E-state index in [2.05, 4.69) is 12.2 Å². The number of carbonyl (C=O) groups excluding carboxylic acids is 3. The summed E-state index contributed by atoms with van der Waals surface area (Å²) in [5.74, 6) is 0.332. The van der Waals surface area contributed by atoms with Crippen LogP contribution in [-0.4, -0.2) is 28.7 Å². The van der Waals surface area contributed by atoms with Gasteiger partial charge in [0.25, 0.3) is 0 Å². The fourth-order valence-electron chi connectivity index (χ4n) is 5.16. The summed E-state index contributed by atoms with van der Waals surface area (Å²) in [5, 5.41) is 0. The molecule has 7 atom stereocenters. The van der Waals surface area contributed by atoms with Gasteiger partial charge in [0.1, 0.15) is 11.8 Å². The van der Waals surface area contributed by atoms with Crippen LogP contribution in [0.1, 0.15) is 13.3 Å². The van der Waals surface area contributed by atoms with E-state index in [4.69, 9.17) is 4.74 Å². The number of ether oxygens (including phenoxy) is 1. The van der Waals surface area contributed by atoms with Crippen LogP contribution in [0.4, 0.5) is 0 Å². The third-order valence-corrected chi connectivity index (χ3v) is 6.39. The van der Waals surface area contributed by atoms with Crippen molar-refractivity contribution in [2.75, 3.05) is 0 Å². The molecule has 1 heterocycles. The van der Waals surface area contributed by atoms with E-state index in [1.54, 1.807) is 31.2 Å². The van der Waals surface area contributed by atoms with Crippen molar-refractivity contribution in [3.63, 3.8) is 0 Å². The highest BCUT2D eigenvalue weighted by atomic mass is 16.5. The first-order chi connectivity index (χ1) is 12.1. The molecule has 0 N–H and O–H groups in total. The number of amides is 2. The van der Waals surface area contributed by atoms with Gasteiger partial charge in [-0.25, -0.2) is 4.79 Å². The first-order valence-electron chi connectivity index (χ1n) is 8.90. The lowest BCUT2D eigenvalue weighted by atomic mass is 9.63. The fraction of sp³-hybridized carbons (Fsp3) is 0.450. The zero-order valence-corrected chi connectivity index (χ0v) is 13.9. The second kappa shape index (κ2) is 5.04. The number of imide groups is 1. The molecule has 3 fully saturated rings. The van der Waals surface area contributed by atoms with Crippen LogP contribution in [0.3, 0.4) is 0 Å². The molecule has 1 aromatic carbocycles. The Morgan fingerprint density at radius 3 is 2.16 bits per heavy atom. The Kier molecular flexibility index (Phi) is 3.00. The number of likely N-dealkylation sites (tertiary alicyclic amines) is 1. The third kappa shape index (κ3) is 1.98. The summed E-state index contributed by atoms with van der Waals surface area (Å²) in [6.07, 6.45) is 5.38. The predicted molar refractivity (Wildman–Crippen MR) is 88.1 cm³/mol. The lowest BCUT2D eigenvalue weighted by Gasteiger charge is -2.37. The normalized spacial score (nSPS) is 38.4. The number of carbonyl (C=O) groups is 3. The van der Waals surface area contributed by atoms with Crippen molar-refractivity contribution in [2.24, 2.45) is 35.5 Å². The van der Waals surface area contributed by atoms with E-state index in [1.165, 1.54) is 4.90 Å². The second-order valence-electron chi connectivity index (χ2n) is 7.61. The standard InChI is InChI=1S/C20H19NO4/c1-10(20(24)25-11-5-3-2-4-6-11)21-18(22)16-12-7-8-13(15-9-14(12)15)17(16)19(21)23/h2-8,10,12-17H,9H2,1H3/t10-,12+,13+,14+,15+,16-,17+/m1/s1. The van der Waals surface area contributed by atoms with Crippen LogP contribution in [0.2, 0.25) is 0 Å². The molecule has 2 bridgehead atoms. The van der Waals surface area contributed by atoms with E-state index in [9.17, 15) is 14.4 Å². The lowest BCUT2D eigenvalue weighted by molar-refractivity contribution is -0.152. The summed E-state index contributed by atoms with van der Waals surface area (Å²) < 4.78 is 5.34. The monoisotopic (exact) mass is 337 g/mol. The molecule has 5 nitrogen and oxygen atoms in total. The van der Waals surface area contributed by atoms with Gasteiger partial charge in [0, 0.05) is 0 Å². The highest BCUT2D eigenvalue weighted by Crippen LogP contribution is 2.65. The number of nitrogens with zero attached hydrogens (tertiary/aromatic N) is 1. The van der Waals surface area contributed by atoms with Crippen molar-refractivity contribution < 1.29 is 19.1 Å². The summed E-state index contributed by atoms with van der Waals surface area (Å²) in [5.41, 5.74) is 0. The topological polar surface area (TPSA) is 63.7 Å². The lowest BCUT2D eigenvalue weighted by Crippen LogP contribution is -2.45. The molecule has 0 aromatic heterocycles. The third-order valence-electron chi connectivity index (χ3n) is 6.39. The van der Waals surface area contributed by atoms with Crippen LogP contribution in [0.5, 0.6) is 5.75 Å². The number of rotatable bonds is 3. The minimum absolute atomic E-state index is 0.166. The molecule has 4 aliphatic carbocycles. The zero-order chi connectivity index (χ0) is 17.3. The highest BCUT2D eigenvalue weighted by Gasteiger charge is 2.67. The van der Waals surface area contributed by atoms with E-state index < -0.39 is 12.0 Å². The van der Waals surface area contributed by atoms with E-state index >= 15 is 0 Å². The summed E-state index contributed by atoms with van der Waals surface area (Å²) in [7, 11) is 0. The molecule has 2 amide bonds. The van der Waals surface area contributed by atoms with E-state index in [0.29, 0.717) is 17.6 Å². The molecule has 0 spiro atoms. The van der Waals surface area contributed by atoms with Crippen LogP contribution in [0.15, 0.2) is 42.5 Å². The Balaban J connectivity index is 1.39. The minimum Gasteiger partial charge on any atom is -0.425 e. The Morgan fingerprint density at radius 2 is 1.60 bits per heavy atom. The minimum atomic E-state index is -0.901. The van der Waals surface area contributed by atoms with Gasteiger partial charge in [-0.3, -0.25) is 14.5 Å². The molecule has 5 heteroatoms. The number of esters is 1. The van der Waals surface area contributed by atoms with Crippen molar-refractivity contribution in [1.82, 2.24) is 4.90 Å². The van der Waals surface area contributed by atoms with Crippen LogP contribution >= 0.6 is 0 Å². The predicted octanol–water partition coefficient (Wildman–Crippen LogP) is 2.03. The van der Waals surface area contributed by atoms with Gasteiger partial charge in [-0.05, 0) is 49.1 Å². The van der Waals surface area contributed by atoms with Gasteiger partial charge in [0.05, 0.1) is 11.8 Å². The smallest absolute Gasteiger partial charge is 0.334 e. The van der Waals surface area contributed by atoms with Gasteiger partial charge in [0.15, 0.2) is 0 Å². The number of allylic oxidation sites excluding steroid dienone is 2. The Bertz CT molecular complexity index is 765. The number of benzene rings is 1. The fourth-order valence-corrected chi connectivity index (χ4v) is 5.16. The van der Waals surface area contributed by atoms with E-state index in [1.807, 2.05) is 6.07 Å². The summed E-state index contributed by atoms with van der Waals surface area (Å²) in [6, 6.07) is 7.81. The molecule has 6 rings (SSSR count). The molecular formula is C20H19NO4. The number of hydrogen-bond donors (Lipinski definition) is 0. The maximum Gasteiger partial charge on any atom is 0.334 e. The van der Waals surface area contributed by atoms with Crippen LogP contribution < -0.4 is 4.74 Å². The number of para-hydroxylation sites is 1. The van der Waals surface area contributed by atoms with Gasteiger partial charge < -0.3 is 4.74 Å². The Labute approximate surface area is 145 Å². The van der Waals surface area contributed by atoms with Gasteiger partial charge in [-0.15, -0.1) is 0 Å². The van der Waals surface area contributed by atoms with Crippen molar-refractivity contribution in [3.8, 4) is 5.75 Å². The van der Waals surface area contributed by atoms with Gasteiger partial charge in [-0.1, -0.05) is 30.4 Å². The van der Waals surface area contributed by atoms with Gasteiger partial charge >= 0.3 is 5.97 Å². The average molecular weight is 337 g/mol. The summed E-state index contributed by atoms with van der Waals surface area (Å²) in [6.45, 7) is 1.58. The molecule has 0 radical (unpaired) electrons. The molecule has 128 valence electrons. The van der Waals surface area contributed by atoms with E-state index in [0.717, 1.165) is 6.42 Å². The molecule has 1 aromatic rings. The Morgan fingerprint density at radius 1 is 1.04 bits per heavy atom. The van der Waals surface area contributed by atoms with Crippen molar-refractivity contribution in [3.05, 3.63) is 42.5 Å². The highest BCUT2D eigenvalue weighted by molar-refractivity contribution is 6.08. The molecule has 1 saturated heterocycles. The quantitative estimate of drug-likeness (QED) is 0.366. The van der Waals surface area contributed by atoms with Crippen LogP contribution in [-0.2, 0) is 14.4 Å². The molecule has 2 saturated carbocycles. The average Bonchev–Trinajstić information content (AvgIpc) is 3.40. The summed E-state index contributed by atoms with van der Waals surface area (Å²) >= 11 is 0. The molecular weight excluding hydrogens is 318 g/mol. The number of hydrogen-bond acceptors (Lipinski definition) is 4. The molecule has 0 unspecified atom stereocenters. The second-order valence-corrected chi connectivity index (χ2v) is 7.61. The SMILES string of the molecule is C[C@H](C(=O)Oc1ccccc1)N1C(=O)[C@@H]2[C@H]3C=C[C@@H]([C@@H]4C[C@@H]34)[C@@H]2C1=O. The van der Waals surface area contributed by atoms with Gasteiger partial charge in [-0.2, -0.15) is 0 Å². The Hall–Kier alpha value is -2.43. The molecule has 25 heavy (non-hydrogen) atoms. The van der Waals surface area contributed by atoms with Gasteiger partial charge in [0.2, 0.25) is 11.8 Å². The largest absolute Gasteiger partial charge is 0.425 e. The van der Waals surface area contributed by atoms with Crippen LogP contribution in [0.25, 0.3) is 0 Å². The van der Waals surface area contributed by atoms with Crippen LogP contribution in [0, 0.1) is 35.5 Å². The zero-order valence-electron chi connectivity index (χ0n) is 13.9. The maximum absolute atomic E-state index is 13.0. The van der Waals surface area contributed by atoms with Crippen molar-refractivity contribution >= 4 is 17.8 Å². The summed E-state index contributed by atoms with van der Waals surface area (Å²) in [4.78, 5) is 39.6. The molecule has 1 aliphatic heterocycles.